The molecule has 9 heteroatoms. The van der Waals surface area contributed by atoms with E-state index in [0.29, 0.717) is 42.2 Å². The zero-order valence-corrected chi connectivity index (χ0v) is 18.4. The van der Waals surface area contributed by atoms with Gasteiger partial charge in [0.1, 0.15) is 9.88 Å². The van der Waals surface area contributed by atoms with Crippen LogP contribution in [-0.4, -0.2) is 41.7 Å². The second-order valence-corrected chi connectivity index (χ2v) is 7.18. The fourth-order valence-corrected chi connectivity index (χ4v) is 3.51. The lowest BCUT2D eigenvalue weighted by Gasteiger charge is -2.16. The minimum absolute atomic E-state index is 0.125. The molecule has 2 N–H and O–H groups in total. The average Bonchev–Trinajstić information content (AvgIpc) is 3.09. The topological polar surface area (TPSA) is 97.7 Å². The molecule has 0 saturated heterocycles. The molecule has 2 rings (SSSR count). The number of hydrogen-bond donors (Lipinski definition) is 2. The molecule has 2 heterocycles. The van der Waals surface area contributed by atoms with Gasteiger partial charge in [-0.25, -0.2) is 19.8 Å². The number of nitrogens with one attached hydrogen (secondary N) is 2. The smallest absolute Gasteiger partial charge is 0.350 e. The summed E-state index contributed by atoms with van der Waals surface area (Å²) in [6, 6.07) is 3.69. The van der Waals surface area contributed by atoms with Gasteiger partial charge in [0.15, 0.2) is 5.96 Å². The maximum atomic E-state index is 12.0. The number of thiazole rings is 1. The first kappa shape index (κ1) is 22.6. The van der Waals surface area contributed by atoms with Gasteiger partial charge in [-0.1, -0.05) is 6.07 Å². The molecule has 0 fully saturated rings. The molecule has 0 aliphatic heterocycles. The van der Waals surface area contributed by atoms with E-state index in [0.717, 1.165) is 17.1 Å². The molecule has 2 aromatic heterocycles. The zero-order chi connectivity index (χ0) is 21.2. The monoisotopic (exact) mass is 419 g/mol. The molecule has 0 radical (unpaired) electrons. The summed E-state index contributed by atoms with van der Waals surface area (Å²) in [6.45, 7) is 11.6. The van der Waals surface area contributed by atoms with Crippen molar-refractivity contribution >= 4 is 23.3 Å². The summed E-state index contributed by atoms with van der Waals surface area (Å²) in [4.78, 5) is 26.0. The van der Waals surface area contributed by atoms with E-state index in [-0.39, 0.29) is 12.0 Å². The van der Waals surface area contributed by atoms with Gasteiger partial charge in [0.2, 0.25) is 5.88 Å². The van der Waals surface area contributed by atoms with Gasteiger partial charge in [-0.15, -0.1) is 11.3 Å². The molecule has 2 aromatic rings. The molecule has 0 bridgehead atoms. The third-order valence-corrected chi connectivity index (χ3v) is 5.20. The molecule has 29 heavy (non-hydrogen) atoms. The first-order valence-corrected chi connectivity index (χ1v) is 10.6. The minimum Gasteiger partial charge on any atom is -0.478 e. The number of hydrogen-bond acceptors (Lipinski definition) is 7. The van der Waals surface area contributed by atoms with Gasteiger partial charge in [0.05, 0.1) is 31.5 Å². The predicted molar refractivity (Wildman–Crippen MR) is 115 cm³/mol. The van der Waals surface area contributed by atoms with E-state index in [2.05, 4.69) is 25.6 Å². The van der Waals surface area contributed by atoms with Gasteiger partial charge in [0.25, 0.3) is 0 Å². The molecule has 1 atom stereocenters. The number of aliphatic imine (C=N–C) groups is 1. The van der Waals surface area contributed by atoms with Crippen LogP contribution in [0.1, 0.15) is 59.7 Å². The first-order valence-electron chi connectivity index (χ1n) is 9.76. The second kappa shape index (κ2) is 11.4. The predicted octanol–water partition coefficient (Wildman–Crippen LogP) is 3.24. The highest BCUT2D eigenvalue weighted by molar-refractivity contribution is 7.13. The van der Waals surface area contributed by atoms with Crippen molar-refractivity contribution in [2.45, 2.75) is 47.2 Å². The Bertz CT molecular complexity index is 837. The van der Waals surface area contributed by atoms with E-state index < -0.39 is 0 Å². The first-order chi connectivity index (χ1) is 14.0. The van der Waals surface area contributed by atoms with Crippen molar-refractivity contribution in [3.63, 3.8) is 0 Å². The van der Waals surface area contributed by atoms with Gasteiger partial charge in [-0.3, -0.25) is 0 Å². The van der Waals surface area contributed by atoms with Crippen LogP contribution in [0.3, 0.4) is 0 Å². The lowest BCUT2D eigenvalue weighted by Crippen LogP contribution is -2.38. The number of carbonyl (C=O) groups excluding carboxylic acids is 1. The number of nitrogens with zero attached hydrogens (tertiary/aromatic N) is 3. The van der Waals surface area contributed by atoms with Crippen LogP contribution in [0, 0.1) is 6.92 Å². The van der Waals surface area contributed by atoms with E-state index in [4.69, 9.17) is 9.47 Å². The Kier molecular flexibility index (Phi) is 8.85. The molecule has 0 spiro atoms. The summed E-state index contributed by atoms with van der Waals surface area (Å²) < 4.78 is 10.7. The molecule has 0 aliphatic carbocycles. The number of guanidine groups is 1. The number of aryl methyl sites for hydroxylation is 1. The highest BCUT2D eigenvalue weighted by Crippen LogP contribution is 2.24. The lowest BCUT2D eigenvalue weighted by atomic mass is 10.3. The highest BCUT2D eigenvalue weighted by atomic mass is 32.1. The van der Waals surface area contributed by atoms with E-state index >= 15 is 0 Å². The van der Waals surface area contributed by atoms with Crippen LogP contribution >= 0.6 is 11.3 Å². The largest absolute Gasteiger partial charge is 0.478 e. The molecule has 0 saturated carbocycles. The van der Waals surface area contributed by atoms with Crippen molar-refractivity contribution in [1.82, 2.24) is 20.6 Å². The van der Waals surface area contributed by atoms with Crippen LogP contribution in [0.25, 0.3) is 0 Å². The van der Waals surface area contributed by atoms with Gasteiger partial charge in [0, 0.05) is 18.3 Å². The fraction of sp³-hybridized carbons (Fsp3) is 0.500. The van der Waals surface area contributed by atoms with E-state index in [1.807, 2.05) is 39.8 Å². The molecule has 0 amide bonds. The third-order valence-electron chi connectivity index (χ3n) is 3.88. The molecule has 8 nitrogen and oxygen atoms in total. The van der Waals surface area contributed by atoms with Crippen LogP contribution < -0.4 is 15.4 Å². The normalized spacial score (nSPS) is 12.4. The van der Waals surface area contributed by atoms with Crippen LogP contribution in [-0.2, 0) is 11.3 Å². The SMILES string of the molecule is CCNC(=NCc1cccnc1OCC)NC(C)c1nc(C)c(C(=O)OCC)s1. The van der Waals surface area contributed by atoms with E-state index in [1.165, 1.54) is 11.3 Å². The van der Waals surface area contributed by atoms with E-state index in [9.17, 15) is 4.79 Å². The number of pyridine rings is 1. The fourth-order valence-electron chi connectivity index (χ4n) is 2.55. The van der Waals surface area contributed by atoms with Gasteiger partial charge >= 0.3 is 5.97 Å². The van der Waals surface area contributed by atoms with Gasteiger partial charge < -0.3 is 20.1 Å². The number of rotatable bonds is 9. The highest BCUT2D eigenvalue weighted by Gasteiger charge is 2.20. The van der Waals surface area contributed by atoms with Crippen LogP contribution in [0.2, 0.25) is 0 Å². The third kappa shape index (κ3) is 6.42. The molecular weight excluding hydrogens is 390 g/mol. The maximum absolute atomic E-state index is 12.0. The van der Waals surface area contributed by atoms with Crippen LogP contribution in [0.15, 0.2) is 23.3 Å². The van der Waals surface area contributed by atoms with Crippen molar-refractivity contribution in [3.05, 3.63) is 39.5 Å². The van der Waals surface area contributed by atoms with Gasteiger partial charge in [-0.2, -0.15) is 0 Å². The molecule has 1 unspecified atom stereocenters. The lowest BCUT2D eigenvalue weighted by molar-refractivity contribution is 0.0531. The Hall–Kier alpha value is -2.68. The number of aromatic nitrogens is 2. The Morgan fingerprint density at radius 1 is 1.31 bits per heavy atom. The quantitative estimate of drug-likeness (QED) is 0.366. The van der Waals surface area contributed by atoms with Crippen molar-refractivity contribution in [2.24, 2.45) is 4.99 Å². The number of carbonyl (C=O) groups is 1. The van der Waals surface area contributed by atoms with Crippen molar-refractivity contribution in [1.29, 1.82) is 0 Å². The number of ether oxygens (including phenoxy) is 2. The summed E-state index contributed by atoms with van der Waals surface area (Å²) in [6.07, 6.45) is 1.70. The standard InChI is InChI=1S/C20H29N5O3S/c1-6-21-20(23-12-15-10-9-11-22-17(15)27-7-2)25-14(5)18-24-13(4)16(29-18)19(26)28-8-3/h9-11,14H,6-8,12H2,1-5H3,(H2,21,23,25). The maximum Gasteiger partial charge on any atom is 0.350 e. The van der Waals surface area contributed by atoms with Crippen molar-refractivity contribution < 1.29 is 14.3 Å². The minimum atomic E-state index is -0.332. The van der Waals surface area contributed by atoms with Crippen LogP contribution in [0.5, 0.6) is 5.88 Å². The Morgan fingerprint density at radius 2 is 2.10 bits per heavy atom. The van der Waals surface area contributed by atoms with Gasteiger partial charge in [-0.05, 0) is 40.7 Å². The van der Waals surface area contributed by atoms with E-state index in [1.54, 1.807) is 13.1 Å². The zero-order valence-electron chi connectivity index (χ0n) is 17.6. The number of esters is 1. The summed E-state index contributed by atoms with van der Waals surface area (Å²) >= 11 is 1.34. The summed E-state index contributed by atoms with van der Waals surface area (Å²) in [7, 11) is 0. The van der Waals surface area contributed by atoms with Crippen molar-refractivity contribution in [2.75, 3.05) is 19.8 Å². The molecule has 0 aliphatic rings. The Balaban J connectivity index is 2.13. The summed E-state index contributed by atoms with van der Waals surface area (Å²) in [5.74, 6) is 0.913. The van der Waals surface area contributed by atoms with Crippen molar-refractivity contribution in [3.8, 4) is 5.88 Å². The second-order valence-electron chi connectivity index (χ2n) is 6.15. The average molecular weight is 420 g/mol. The Morgan fingerprint density at radius 3 is 2.79 bits per heavy atom. The molecular formula is C20H29N5O3S. The molecule has 158 valence electrons. The summed E-state index contributed by atoms with van der Waals surface area (Å²) in [5.41, 5.74) is 1.59. The molecule has 0 aromatic carbocycles. The van der Waals surface area contributed by atoms with Crippen LogP contribution in [0.4, 0.5) is 0 Å². The Labute approximate surface area is 175 Å². The summed E-state index contributed by atoms with van der Waals surface area (Å²) in [5, 5.41) is 7.37.